The van der Waals surface area contributed by atoms with Gasteiger partial charge in [-0.15, -0.1) is 0 Å². The average Bonchev–Trinajstić information content (AvgIpc) is 2.60. The van der Waals surface area contributed by atoms with Crippen LogP contribution in [0.1, 0.15) is 51.4 Å². The van der Waals surface area contributed by atoms with Crippen LogP contribution in [0.25, 0.3) is 0 Å². The number of hydrogen-bond donors (Lipinski definition) is 0. The Labute approximate surface area is 133 Å². The highest BCUT2D eigenvalue weighted by molar-refractivity contribution is 5.87. The molecule has 1 saturated carbocycles. The van der Waals surface area contributed by atoms with Crippen LogP contribution in [-0.4, -0.2) is 60.5 Å². The lowest BCUT2D eigenvalue weighted by molar-refractivity contribution is -0.173. The number of amides is 2. The van der Waals surface area contributed by atoms with Crippen LogP contribution >= 0.6 is 0 Å². The van der Waals surface area contributed by atoms with Crippen LogP contribution in [0.3, 0.4) is 0 Å². The number of ether oxygens (including phenoxy) is 1. The van der Waals surface area contributed by atoms with Gasteiger partial charge in [0.05, 0.1) is 13.2 Å². The van der Waals surface area contributed by atoms with Gasteiger partial charge in [0.2, 0.25) is 5.91 Å². The van der Waals surface area contributed by atoms with Crippen molar-refractivity contribution in [1.82, 2.24) is 9.80 Å². The van der Waals surface area contributed by atoms with Gasteiger partial charge in [0, 0.05) is 26.6 Å². The Morgan fingerprint density at radius 3 is 2.82 bits per heavy atom. The van der Waals surface area contributed by atoms with Gasteiger partial charge in [-0.3, -0.25) is 9.59 Å². The second-order valence-electron chi connectivity index (χ2n) is 7.18. The quantitative estimate of drug-likeness (QED) is 0.799. The molecular formula is C17H28N2O3. The van der Waals surface area contributed by atoms with Crippen LogP contribution in [0.5, 0.6) is 0 Å². The average molecular weight is 308 g/mol. The van der Waals surface area contributed by atoms with Crippen LogP contribution in [0.4, 0.5) is 0 Å². The summed E-state index contributed by atoms with van der Waals surface area (Å²) in [5.74, 6) is 1.01. The van der Waals surface area contributed by atoms with E-state index in [0.717, 1.165) is 38.1 Å². The lowest BCUT2D eigenvalue weighted by Crippen LogP contribution is -2.60. The molecule has 22 heavy (non-hydrogen) atoms. The Bertz CT molecular complexity index is 436. The minimum atomic E-state index is -0.782. The lowest BCUT2D eigenvalue weighted by Gasteiger charge is -2.42. The van der Waals surface area contributed by atoms with Crippen molar-refractivity contribution in [2.75, 3.05) is 33.3 Å². The van der Waals surface area contributed by atoms with E-state index in [2.05, 4.69) is 0 Å². The molecule has 3 fully saturated rings. The zero-order valence-corrected chi connectivity index (χ0v) is 13.7. The fraction of sp³-hybridized carbons (Fsp3) is 0.882. The molecule has 0 aromatic rings. The molecular weight excluding hydrogens is 280 g/mol. The number of likely N-dealkylation sites (N-methyl/N-ethyl adjacent to an activating group) is 1. The van der Waals surface area contributed by atoms with E-state index in [-0.39, 0.29) is 11.8 Å². The highest BCUT2D eigenvalue weighted by Crippen LogP contribution is 2.32. The van der Waals surface area contributed by atoms with Gasteiger partial charge in [-0.2, -0.15) is 0 Å². The maximum absolute atomic E-state index is 12.7. The van der Waals surface area contributed by atoms with E-state index in [1.807, 2.05) is 11.9 Å². The van der Waals surface area contributed by atoms with E-state index >= 15 is 0 Å². The van der Waals surface area contributed by atoms with Gasteiger partial charge >= 0.3 is 0 Å². The summed E-state index contributed by atoms with van der Waals surface area (Å²) in [6, 6.07) is 0. The first-order valence-electron chi connectivity index (χ1n) is 8.78. The topological polar surface area (TPSA) is 49.9 Å². The van der Waals surface area contributed by atoms with Crippen molar-refractivity contribution >= 4 is 11.8 Å². The second kappa shape index (κ2) is 6.57. The smallest absolute Gasteiger partial charge is 0.256 e. The molecule has 3 aliphatic rings. The first-order chi connectivity index (χ1) is 10.6. The van der Waals surface area contributed by atoms with Gasteiger partial charge in [0.1, 0.15) is 0 Å². The Morgan fingerprint density at radius 2 is 2.09 bits per heavy atom. The van der Waals surface area contributed by atoms with Gasteiger partial charge in [-0.1, -0.05) is 19.3 Å². The second-order valence-corrected chi connectivity index (χ2v) is 7.18. The van der Waals surface area contributed by atoms with Crippen LogP contribution in [0.2, 0.25) is 0 Å². The molecule has 2 saturated heterocycles. The predicted octanol–water partition coefficient (Wildman–Crippen LogP) is 1.81. The fourth-order valence-electron chi connectivity index (χ4n) is 3.86. The molecule has 5 heteroatoms. The minimum Gasteiger partial charge on any atom is -0.361 e. The third-order valence-corrected chi connectivity index (χ3v) is 5.59. The first kappa shape index (κ1) is 15.8. The lowest BCUT2D eigenvalue weighted by atomic mass is 9.82. The number of morpholine rings is 1. The summed E-state index contributed by atoms with van der Waals surface area (Å²) < 4.78 is 5.92. The minimum absolute atomic E-state index is 0.0569. The van der Waals surface area contributed by atoms with Gasteiger partial charge in [0.15, 0.2) is 5.60 Å². The van der Waals surface area contributed by atoms with Crippen molar-refractivity contribution < 1.29 is 14.3 Å². The SMILES string of the molecule is CN1CCCCC2(CN(C(=O)CCC3CCC3)CCO2)C1=O. The molecule has 0 radical (unpaired) electrons. The van der Waals surface area contributed by atoms with E-state index in [4.69, 9.17) is 4.74 Å². The Balaban J connectivity index is 1.61. The fourth-order valence-corrected chi connectivity index (χ4v) is 3.86. The van der Waals surface area contributed by atoms with Crippen LogP contribution in [0, 0.1) is 5.92 Å². The van der Waals surface area contributed by atoms with Crippen molar-refractivity contribution in [3.05, 3.63) is 0 Å². The monoisotopic (exact) mass is 308 g/mol. The van der Waals surface area contributed by atoms with Crippen LogP contribution in [-0.2, 0) is 14.3 Å². The molecule has 124 valence electrons. The largest absolute Gasteiger partial charge is 0.361 e. The number of carbonyl (C=O) groups is 2. The third kappa shape index (κ3) is 3.14. The van der Waals surface area contributed by atoms with Crippen molar-refractivity contribution in [1.29, 1.82) is 0 Å². The maximum Gasteiger partial charge on any atom is 0.256 e. The summed E-state index contributed by atoms with van der Waals surface area (Å²) in [6.45, 7) is 2.34. The summed E-state index contributed by atoms with van der Waals surface area (Å²) in [5.41, 5.74) is -0.782. The summed E-state index contributed by atoms with van der Waals surface area (Å²) in [7, 11) is 1.84. The molecule has 2 aliphatic heterocycles. The maximum atomic E-state index is 12.7. The number of carbonyl (C=O) groups excluding carboxylic acids is 2. The summed E-state index contributed by atoms with van der Waals surface area (Å²) in [4.78, 5) is 28.8. The van der Waals surface area contributed by atoms with E-state index in [1.54, 1.807) is 4.90 Å². The standard InChI is InChI=1S/C17H28N2O3/c1-18-10-3-2-9-17(16(18)21)13-19(11-12-22-17)15(20)8-7-14-5-4-6-14/h14H,2-13H2,1H3. The Morgan fingerprint density at radius 1 is 1.27 bits per heavy atom. The Kier molecular flexibility index (Phi) is 4.71. The molecule has 1 aliphatic carbocycles. The zero-order valence-electron chi connectivity index (χ0n) is 13.7. The molecule has 1 spiro atoms. The number of rotatable bonds is 3. The van der Waals surface area contributed by atoms with Crippen molar-refractivity contribution in [3.8, 4) is 0 Å². The van der Waals surface area contributed by atoms with Gasteiger partial charge in [-0.25, -0.2) is 0 Å². The number of hydrogen-bond acceptors (Lipinski definition) is 3. The van der Waals surface area contributed by atoms with E-state index in [0.29, 0.717) is 26.1 Å². The molecule has 1 unspecified atom stereocenters. The first-order valence-corrected chi connectivity index (χ1v) is 8.78. The third-order valence-electron chi connectivity index (χ3n) is 5.59. The zero-order chi connectivity index (χ0) is 15.6. The van der Waals surface area contributed by atoms with Crippen LogP contribution < -0.4 is 0 Å². The van der Waals surface area contributed by atoms with E-state index in [9.17, 15) is 9.59 Å². The molecule has 2 amide bonds. The number of nitrogens with zero attached hydrogens (tertiary/aromatic N) is 2. The molecule has 0 bridgehead atoms. The van der Waals surface area contributed by atoms with Crippen molar-refractivity contribution in [3.63, 3.8) is 0 Å². The van der Waals surface area contributed by atoms with E-state index in [1.165, 1.54) is 19.3 Å². The summed E-state index contributed by atoms with van der Waals surface area (Å²) in [5, 5.41) is 0. The molecule has 2 heterocycles. The molecule has 3 rings (SSSR count). The highest BCUT2D eigenvalue weighted by atomic mass is 16.5. The molecule has 0 N–H and O–H groups in total. The van der Waals surface area contributed by atoms with Crippen molar-refractivity contribution in [2.45, 2.75) is 57.0 Å². The van der Waals surface area contributed by atoms with Gasteiger partial charge in [-0.05, 0) is 31.6 Å². The predicted molar refractivity (Wildman–Crippen MR) is 83.3 cm³/mol. The summed E-state index contributed by atoms with van der Waals surface area (Å²) >= 11 is 0. The van der Waals surface area contributed by atoms with Crippen molar-refractivity contribution in [2.24, 2.45) is 5.92 Å². The highest BCUT2D eigenvalue weighted by Gasteiger charge is 2.46. The van der Waals surface area contributed by atoms with Gasteiger partial charge in [0.25, 0.3) is 5.91 Å². The molecule has 0 aromatic heterocycles. The Hall–Kier alpha value is -1.10. The van der Waals surface area contributed by atoms with Gasteiger partial charge < -0.3 is 14.5 Å². The number of likely N-dealkylation sites (tertiary alicyclic amines) is 1. The van der Waals surface area contributed by atoms with E-state index < -0.39 is 5.60 Å². The summed E-state index contributed by atoms with van der Waals surface area (Å²) in [6.07, 6.45) is 8.27. The van der Waals surface area contributed by atoms with Crippen LogP contribution in [0.15, 0.2) is 0 Å². The molecule has 1 atom stereocenters. The normalized spacial score (nSPS) is 30.3. The molecule has 0 aromatic carbocycles. The molecule has 5 nitrogen and oxygen atoms in total.